The summed E-state index contributed by atoms with van der Waals surface area (Å²) in [5.74, 6) is 0.936. The first-order chi connectivity index (χ1) is 14.4. The number of hydrogen-bond acceptors (Lipinski definition) is 6. The Kier molecular flexibility index (Phi) is 6.45. The van der Waals surface area contributed by atoms with Crippen molar-refractivity contribution in [2.45, 2.75) is 61.5 Å². The molecule has 30 heavy (non-hydrogen) atoms. The molecule has 1 aliphatic heterocycles. The van der Waals surface area contributed by atoms with Crippen LogP contribution >= 0.6 is 11.8 Å². The smallest absolute Gasteiger partial charge is 0.243 e. The highest BCUT2D eigenvalue weighted by molar-refractivity contribution is 7.99. The molecule has 0 atom stereocenters. The summed E-state index contributed by atoms with van der Waals surface area (Å²) in [6, 6.07) is 6.88. The number of hydrogen-bond donors (Lipinski definition) is 1. The topological polar surface area (TPSA) is 97.2 Å². The number of sulfonamides is 1. The van der Waals surface area contributed by atoms with E-state index < -0.39 is 10.0 Å². The van der Waals surface area contributed by atoms with E-state index in [0.717, 1.165) is 49.5 Å². The van der Waals surface area contributed by atoms with Gasteiger partial charge in [0.05, 0.1) is 10.6 Å². The zero-order valence-corrected chi connectivity index (χ0v) is 18.7. The molecule has 2 heterocycles. The van der Waals surface area contributed by atoms with Gasteiger partial charge in [-0.05, 0) is 56.9 Å². The number of amides is 1. The monoisotopic (exact) mass is 449 g/mol. The molecule has 0 radical (unpaired) electrons. The second kappa shape index (κ2) is 9.07. The molecule has 0 spiro atoms. The molecule has 0 bridgehead atoms. The van der Waals surface area contributed by atoms with Crippen LogP contribution < -0.4 is 5.32 Å². The molecule has 1 saturated carbocycles. The van der Waals surface area contributed by atoms with Gasteiger partial charge < -0.3 is 9.88 Å². The number of thioether (sulfide) groups is 1. The van der Waals surface area contributed by atoms with Crippen molar-refractivity contribution in [3.05, 3.63) is 30.1 Å². The minimum absolute atomic E-state index is 0.161. The number of nitrogens with one attached hydrogen (secondary N) is 1. The Morgan fingerprint density at radius 3 is 2.40 bits per heavy atom. The molecule has 2 aliphatic rings. The molecule has 0 unspecified atom stereocenters. The molecule has 162 valence electrons. The minimum atomic E-state index is -3.48. The molecule has 1 N–H and O–H groups in total. The third kappa shape index (κ3) is 4.87. The van der Waals surface area contributed by atoms with E-state index in [4.69, 9.17) is 0 Å². The zero-order chi connectivity index (χ0) is 21.1. The Balaban J connectivity index is 1.34. The average molecular weight is 450 g/mol. The number of nitrogens with zero attached hydrogens (tertiary/aromatic N) is 4. The van der Waals surface area contributed by atoms with Crippen molar-refractivity contribution in [2.75, 3.05) is 24.2 Å². The summed E-state index contributed by atoms with van der Waals surface area (Å²) in [4.78, 5) is 12.6. The van der Waals surface area contributed by atoms with E-state index in [1.807, 2.05) is 6.92 Å². The van der Waals surface area contributed by atoms with E-state index in [9.17, 15) is 13.2 Å². The molecule has 1 amide bonds. The van der Waals surface area contributed by atoms with E-state index in [1.54, 1.807) is 28.6 Å². The van der Waals surface area contributed by atoms with Gasteiger partial charge in [-0.2, -0.15) is 4.31 Å². The lowest BCUT2D eigenvalue weighted by Crippen LogP contribution is -2.31. The SMILES string of the molecule is Cc1nnc(SCC(=O)Nc2ccc(S(=O)(=O)N3CCCCCC3)cc2)n1C1CC1. The number of carbonyl (C=O) groups is 1. The zero-order valence-electron chi connectivity index (χ0n) is 17.1. The van der Waals surface area contributed by atoms with Crippen molar-refractivity contribution in [1.82, 2.24) is 19.1 Å². The van der Waals surface area contributed by atoms with Crippen LogP contribution in [-0.4, -0.2) is 52.2 Å². The number of aromatic nitrogens is 3. The van der Waals surface area contributed by atoms with Crippen molar-refractivity contribution < 1.29 is 13.2 Å². The van der Waals surface area contributed by atoms with Gasteiger partial charge in [0.25, 0.3) is 0 Å². The van der Waals surface area contributed by atoms with Crippen LogP contribution in [0.1, 0.15) is 50.4 Å². The number of aryl methyl sites for hydroxylation is 1. The highest BCUT2D eigenvalue weighted by Crippen LogP contribution is 2.38. The molecule has 2 fully saturated rings. The summed E-state index contributed by atoms with van der Waals surface area (Å²) in [5, 5.41) is 11.9. The molecular formula is C20H27N5O3S2. The maximum Gasteiger partial charge on any atom is 0.243 e. The van der Waals surface area contributed by atoms with Gasteiger partial charge in [0, 0.05) is 24.8 Å². The third-order valence-corrected chi connectivity index (χ3v) is 8.28. The van der Waals surface area contributed by atoms with E-state index in [-0.39, 0.29) is 16.6 Å². The van der Waals surface area contributed by atoms with Crippen LogP contribution in [0.5, 0.6) is 0 Å². The summed E-state index contributed by atoms with van der Waals surface area (Å²) >= 11 is 1.37. The Morgan fingerprint density at radius 1 is 1.10 bits per heavy atom. The first kappa shape index (κ1) is 21.3. The van der Waals surface area contributed by atoms with Gasteiger partial charge in [-0.25, -0.2) is 8.42 Å². The van der Waals surface area contributed by atoms with E-state index >= 15 is 0 Å². The fraction of sp³-hybridized carbons (Fsp3) is 0.550. The molecule has 10 heteroatoms. The second-order valence-corrected chi connectivity index (χ2v) is 10.7. The maximum atomic E-state index is 12.8. The quantitative estimate of drug-likeness (QED) is 0.652. The van der Waals surface area contributed by atoms with Gasteiger partial charge in [0.1, 0.15) is 5.82 Å². The van der Waals surface area contributed by atoms with Gasteiger partial charge >= 0.3 is 0 Å². The van der Waals surface area contributed by atoms with Crippen LogP contribution in [0.2, 0.25) is 0 Å². The largest absolute Gasteiger partial charge is 0.325 e. The summed E-state index contributed by atoms with van der Waals surface area (Å²) in [6.45, 7) is 3.07. The van der Waals surface area contributed by atoms with Crippen LogP contribution in [0.3, 0.4) is 0 Å². The van der Waals surface area contributed by atoms with E-state index in [2.05, 4.69) is 20.1 Å². The summed E-state index contributed by atoms with van der Waals surface area (Å²) in [6.07, 6.45) is 6.21. The van der Waals surface area contributed by atoms with Crippen LogP contribution in [0.25, 0.3) is 0 Å². The first-order valence-electron chi connectivity index (χ1n) is 10.4. The molecular weight excluding hydrogens is 422 g/mol. The number of benzene rings is 1. The summed E-state index contributed by atoms with van der Waals surface area (Å²) in [5.41, 5.74) is 0.579. The second-order valence-electron chi connectivity index (χ2n) is 7.81. The molecule has 4 rings (SSSR count). The third-order valence-electron chi connectivity index (χ3n) is 5.42. The number of rotatable bonds is 7. The van der Waals surface area contributed by atoms with Crippen LogP contribution in [0.15, 0.2) is 34.3 Å². The highest BCUT2D eigenvalue weighted by Gasteiger charge is 2.28. The Labute approximate surface area is 181 Å². The standard InChI is InChI=1S/C20H27N5O3S2/c1-15-22-23-20(25(15)17-8-9-17)29-14-19(26)21-16-6-10-18(11-7-16)30(27,28)24-12-4-2-3-5-13-24/h6-7,10-11,17H,2-5,8-9,12-14H2,1H3,(H,21,26). The van der Waals surface area contributed by atoms with Crippen molar-refractivity contribution in [2.24, 2.45) is 0 Å². The van der Waals surface area contributed by atoms with Crippen molar-refractivity contribution in [3.8, 4) is 0 Å². The average Bonchev–Trinajstić information content (AvgIpc) is 3.53. The number of carbonyl (C=O) groups excluding carboxylic acids is 1. The summed E-state index contributed by atoms with van der Waals surface area (Å²) in [7, 11) is -3.48. The summed E-state index contributed by atoms with van der Waals surface area (Å²) < 4.78 is 29.4. The Morgan fingerprint density at radius 2 is 1.77 bits per heavy atom. The fourth-order valence-corrected chi connectivity index (χ4v) is 6.04. The molecule has 1 aliphatic carbocycles. The molecule has 2 aromatic rings. The van der Waals surface area contributed by atoms with Crippen LogP contribution in [0.4, 0.5) is 5.69 Å². The van der Waals surface area contributed by atoms with Crippen LogP contribution in [0, 0.1) is 6.92 Å². The highest BCUT2D eigenvalue weighted by atomic mass is 32.2. The van der Waals surface area contributed by atoms with Gasteiger partial charge in [0.15, 0.2) is 5.16 Å². The normalized spacial score (nSPS) is 18.2. The first-order valence-corrected chi connectivity index (χ1v) is 12.8. The predicted octanol–water partition coefficient (Wildman–Crippen LogP) is 3.22. The maximum absolute atomic E-state index is 12.8. The van der Waals surface area contributed by atoms with Gasteiger partial charge in [-0.15, -0.1) is 10.2 Å². The van der Waals surface area contributed by atoms with Crippen molar-refractivity contribution in [1.29, 1.82) is 0 Å². The molecule has 1 aromatic carbocycles. The van der Waals surface area contributed by atoms with E-state index in [0.29, 0.717) is 24.8 Å². The van der Waals surface area contributed by atoms with Crippen LogP contribution in [-0.2, 0) is 14.8 Å². The Hall–Kier alpha value is -1.91. The number of anilines is 1. The van der Waals surface area contributed by atoms with E-state index in [1.165, 1.54) is 11.8 Å². The van der Waals surface area contributed by atoms with Gasteiger partial charge in [-0.1, -0.05) is 24.6 Å². The Bertz CT molecular complexity index is 992. The lowest BCUT2D eigenvalue weighted by Gasteiger charge is -2.20. The molecule has 1 saturated heterocycles. The lowest BCUT2D eigenvalue weighted by molar-refractivity contribution is -0.113. The van der Waals surface area contributed by atoms with Crippen molar-refractivity contribution in [3.63, 3.8) is 0 Å². The lowest BCUT2D eigenvalue weighted by atomic mass is 10.2. The molecule has 8 nitrogen and oxygen atoms in total. The minimum Gasteiger partial charge on any atom is -0.325 e. The van der Waals surface area contributed by atoms with Crippen molar-refractivity contribution >= 4 is 33.4 Å². The van der Waals surface area contributed by atoms with Gasteiger partial charge in [0.2, 0.25) is 15.9 Å². The molecule has 1 aromatic heterocycles. The fourth-order valence-electron chi connectivity index (χ4n) is 3.67. The predicted molar refractivity (Wildman–Crippen MR) is 116 cm³/mol. The van der Waals surface area contributed by atoms with Gasteiger partial charge in [-0.3, -0.25) is 4.79 Å².